The van der Waals surface area contributed by atoms with Crippen molar-refractivity contribution in [3.8, 4) is 0 Å². The minimum Gasteiger partial charge on any atom is -0.308 e. The van der Waals surface area contributed by atoms with E-state index < -0.39 is 0 Å². The summed E-state index contributed by atoms with van der Waals surface area (Å²) in [6.45, 7) is 11.0. The molecule has 1 aliphatic rings. The fourth-order valence-corrected chi connectivity index (χ4v) is 4.81. The fourth-order valence-electron chi connectivity index (χ4n) is 4.81. The van der Waals surface area contributed by atoms with Gasteiger partial charge in [0.2, 0.25) is 0 Å². The van der Waals surface area contributed by atoms with Crippen LogP contribution in [0.1, 0.15) is 41.7 Å². The van der Waals surface area contributed by atoms with E-state index in [1.54, 1.807) is 0 Å². The predicted octanol–water partition coefficient (Wildman–Crippen LogP) is 8.39. The summed E-state index contributed by atoms with van der Waals surface area (Å²) < 4.78 is 0. The van der Waals surface area contributed by atoms with Gasteiger partial charge in [-0.1, -0.05) is 65.2 Å². The Kier molecular flexibility index (Phi) is 4.29. The summed E-state index contributed by atoms with van der Waals surface area (Å²) in [6.07, 6.45) is 0. The zero-order valence-electron chi connectivity index (χ0n) is 18.4. The van der Waals surface area contributed by atoms with E-state index in [2.05, 4.69) is 112 Å². The molecule has 0 fully saturated rings. The molecular weight excluding hydrogens is 362 g/mol. The van der Waals surface area contributed by atoms with E-state index in [1.165, 1.54) is 66.8 Å². The largest absolute Gasteiger partial charge is 0.308 e. The van der Waals surface area contributed by atoms with Crippen molar-refractivity contribution in [1.29, 1.82) is 0 Å². The van der Waals surface area contributed by atoms with Crippen molar-refractivity contribution in [2.45, 2.75) is 34.6 Å². The van der Waals surface area contributed by atoms with Gasteiger partial charge in [0, 0.05) is 16.5 Å². The molecule has 0 N–H and O–H groups in total. The first-order chi connectivity index (χ1) is 14.5. The van der Waals surface area contributed by atoms with Gasteiger partial charge in [-0.25, -0.2) is 0 Å². The lowest BCUT2D eigenvalue weighted by molar-refractivity contribution is 1.20. The number of anilines is 3. The molecule has 1 heterocycles. The summed E-state index contributed by atoms with van der Waals surface area (Å²) in [5.41, 5.74) is 13.0. The average Bonchev–Trinajstić information content (AvgIpc) is 2.72. The Morgan fingerprint density at radius 3 is 1.87 bits per heavy atom. The number of benzene rings is 4. The molecule has 148 valence electrons. The zero-order valence-corrected chi connectivity index (χ0v) is 18.4. The summed E-state index contributed by atoms with van der Waals surface area (Å²) >= 11 is 0. The van der Waals surface area contributed by atoms with E-state index in [0.29, 0.717) is 0 Å². The molecule has 0 bridgehead atoms. The van der Waals surface area contributed by atoms with Gasteiger partial charge in [0.25, 0.3) is 0 Å². The number of hydrogen-bond donors (Lipinski definition) is 0. The van der Waals surface area contributed by atoms with Gasteiger partial charge in [-0.05, 0) is 75.4 Å². The molecular formula is C29H27N. The van der Waals surface area contributed by atoms with Crippen molar-refractivity contribution in [3.63, 3.8) is 0 Å². The Balaban J connectivity index is 1.94. The standard InChI is InChI=1S/C29H27N/c1-18(2)28-24-16-19(3)10-14-26(24)30(27-15-11-20(4)17-25(27)28)29-21(5)12-13-22-8-6-7-9-23(22)29/h6-17H,1-5H3. The van der Waals surface area contributed by atoms with E-state index in [1.807, 2.05) is 0 Å². The molecule has 0 saturated carbocycles. The third kappa shape index (κ3) is 2.77. The lowest BCUT2D eigenvalue weighted by Gasteiger charge is -2.37. The van der Waals surface area contributed by atoms with Gasteiger partial charge in [-0.3, -0.25) is 0 Å². The number of rotatable bonds is 1. The zero-order chi connectivity index (χ0) is 21.0. The Hall–Kier alpha value is -3.32. The molecule has 1 nitrogen and oxygen atoms in total. The maximum atomic E-state index is 2.48. The van der Waals surface area contributed by atoms with Gasteiger partial charge < -0.3 is 4.90 Å². The topological polar surface area (TPSA) is 3.24 Å². The Labute approximate surface area is 179 Å². The quantitative estimate of drug-likeness (QED) is 0.278. The van der Waals surface area contributed by atoms with Crippen LogP contribution in [0.15, 0.2) is 78.4 Å². The van der Waals surface area contributed by atoms with Gasteiger partial charge in [-0.2, -0.15) is 0 Å². The summed E-state index contributed by atoms with van der Waals surface area (Å²) in [7, 11) is 0. The van der Waals surface area contributed by atoms with Crippen LogP contribution in [0.25, 0.3) is 16.3 Å². The Morgan fingerprint density at radius 2 is 1.27 bits per heavy atom. The number of allylic oxidation sites excluding steroid dienone is 1. The molecule has 4 aromatic carbocycles. The summed E-state index contributed by atoms with van der Waals surface area (Å²) in [4.78, 5) is 2.48. The maximum Gasteiger partial charge on any atom is 0.0569 e. The number of fused-ring (bicyclic) bond motifs is 3. The lowest BCUT2D eigenvalue weighted by Crippen LogP contribution is -2.20. The summed E-state index contributed by atoms with van der Waals surface area (Å²) in [6, 6.07) is 26.9. The van der Waals surface area contributed by atoms with Gasteiger partial charge in [-0.15, -0.1) is 0 Å². The maximum absolute atomic E-state index is 2.48. The van der Waals surface area contributed by atoms with Crippen molar-refractivity contribution in [2.75, 3.05) is 4.90 Å². The van der Waals surface area contributed by atoms with E-state index in [0.717, 1.165) is 0 Å². The molecule has 0 radical (unpaired) electrons. The minimum absolute atomic E-state index is 1.26. The second-order valence-electron chi connectivity index (χ2n) is 8.70. The smallest absolute Gasteiger partial charge is 0.0569 e. The number of hydrogen-bond acceptors (Lipinski definition) is 1. The molecule has 0 amide bonds. The molecule has 0 saturated heterocycles. The van der Waals surface area contributed by atoms with Crippen LogP contribution in [0, 0.1) is 20.8 Å². The van der Waals surface area contributed by atoms with Gasteiger partial charge in [0.15, 0.2) is 0 Å². The number of aryl methyl sites for hydroxylation is 3. The molecule has 4 aromatic rings. The SMILES string of the molecule is CC(C)=C1c2cc(C)ccc2N(c2c(C)ccc3ccccc23)c2ccc(C)cc21. The van der Waals surface area contributed by atoms with Crippen molar-refractivity contribution >= 4 is 33.4 Å². The molecule has 0 aromatic heterocycles. The normalized spacial score (nSPS) is 12.7. The van der Waals surface area contributed by atoms with E-state index >= 15 is 0 Å². The molecule has 0 spiro atoms. The van der Waals surface area contributed by atoms with Crippen molar-refractivity contribution in [3.05, 3.63) is 106 Å². The highest BCUT2D eigenvalue weighted by molar-refractivity contribution is 6.07. The van der Waals surface area contributed by atoms with E-state index in [4.69, 9.17) is 0 Å². The third-order valence-electron chi connectivity index (χ3n) is 6.15. The lowest BCUT2D eigenvalue weighted by atomic mass is 9.85. The first-order valence-electron chi connectivity index (χ1n) is 10.6. The van der Waals surface area contributed by atoms with Crippen LogP contribution < -0.4 is 4.90 Å². The van der Waals surface area contributed by atoms with Crippen molar-refractivity contribution < 1.29 is 0 Å². The second-order valence-corrected chi connectivity index (χ2v) is 8.70. The number of nitrogens with zero attached hydrogens (tertiary/aromatic N) is 1. The molecule has 1 aliphatic heterocycles. The summed E-state index contributed by atoms with van der Waals surface area (Å²) in [5, 5.41) is 2.56. The second kappa shape index (κ2) is 6.88. The Morgan fingerprint density at radius 1 is 0.667 bits per heavy atom. The van der Waals surface area contributed by atoms with Gasteiger partial charge in [0.05, 0.1) is 17.1 Å². The van der Waals surface area contributed by atoms with Crippen LogP contribution in [0.2, 0.25) is 0 Å². The highest BCUT2D eigenvalue weighted by Gasteiger charge is 2.30. The minimum atomic E-state index is 1.26. The highest BCUT2D eigenvalue weighted by Crippen LogP contribution is 2.52. The van der Waals surface area contributed by atoms with Crippen LogP contribution >= 0.6 is 0 Å². The molecule has 30 heavy (non-hydrogen) atoms. The van der Waals surface area contributed by atoms with E-state index in [-0.39, 0.29) is 0 Å². The predicted molar refractivity (Wildman–Crippen MR) is 130 cm³/mol. The third-order valence-corrected chi connectivity index (χ3v) is 6.15. The fraction of sp³-hybridized carbons (Fsp3) is 0.172. The molecule has 5 rings (SSSR count). The van der Waals surface area contributed by atoms with Crippen LogP contribution in [0.3, 0.4) is 0 Å². The molecule has 0 atom stereocenters. The first-order valence-corrected chi connectivity index (χ1v) is 10.6. The summed E-state index contributed by atoms with van der Waals surface area (Å²) in [5.74, 6) is 0. The molecule has 1 heteroatoms. The van der Waals surface area contributed by atoms with Gasteiger partial charge >= 0.3 is 0 Å². The van der Waals surface area contributed by atoms with Gasteiger partial charge in [0.1, 0.15) is 0 Å². The first kappa shape index (κ1) is 18.7. The molecule has 0 unspecified atom stereocenters. The average molecular weight is 390 g/mol. The monoisotopic (exact) mass is 389 g/mol. The van der Waals surface area contributed by atoms with Crippen LogP contribution in [0.4, 0.5) is 17.1 Å². The van der Waals surface area contributed by atoms with E-state index in [9.17, 15) is 0 Å². The molecule has 0 aliphatic carbocycles. The Bertz CT molecular complexity index is 1280. The van der Waals surface area contributed by atoms with Crippen LogP contribution in [0.5, 0.6) is 0 Å². The van der Waals surface area contributed by atoms with Crippen molar-refractivity contribution in [2.24, 2.45) is 0 Å². The van der Waals surface area contributed by atoms with Crippen molar-refractivity contribution in [1.82, 2.24) is 0 Å². The van der Waals surface area contributed by atoms with Crippen LogP contribution in [-0.2, 0) is 0 Å². The highest BCUT2D eigenvalue weighted by atomic mass is 15.2. The van der Waals surface area contributed by atoms with Crippen LogP contribution in [-0.4, -0.2) is 0 Å².